The number of nitrogens with two attached hydrogens (primary N) is 1. The van der Waals surface area contributed by atoms with Crippen LogP contribution in [0.1, 0.15) is 22.3 Å². The molecule has 15 heavy (non-hydrogen) atoms. The van der Waals surface area contributed by atoms with Crippen LogP contribution in [0.15, 0.2) is 16.6 Å². The van der Waals surface area contributed by atoms with Crippen LogP contribution in [0.25, 0.3) is 0 Å². The van der Waals surface area contributed by atoms with E-state index >= 15 is 0 Å². The molecule has 1 aromatic carbocycles. The van der Waals surface area contributed by atoms with Gasteiger partial charge in [0.15, 0.2) is 5.78 Å². The number of Topliss-reactive ketones (excluding diaryl/α,β-unsaturated/α-hetero) is 1. The summed E-state index contributed by atoms with van der Waals surface area (Å²) >= 11 is 3.38. The lowest BCUT2D eigenvalue weighted by molar-refractivity contribution is 0.0984. The minimum Gasteiger partial charge on any atom is -0.495 e. The summed E-state index contributed by atoms with van der Waals surface area (Å²) in [7, 11) is 1.59. The summed E-state index contributed by atoms with van der Waals surface area (Å²) in [4.78, 5) is 11.7. The average Bonchev–Trinajstić information content (AvgIpc) is 2.18. The van der Waals surface area contributed by atoms with Gasteiger partial charge in [-0.15, -0.1) is 0 Å². The molecule has 0 aromatic heterocycles. The number of carbonyl (C=O) groups excluding carboxylic acids is 1. The van der Waals surface area contributed by atoms with E-state index in [1.165, 1.54) is 0 Å². The lowest BCUT2D eigenvalue weighted by Crippen LogP contribution is -2.09. The quantitative estimate of drug-likeness (QED) is 0.855. The standard InChI is InChI=1S/C11H14BrNO2/c1-7-3-4-8(9(14)5-6-13)10(12)11(7)15-2/h3-4H,5-6,13H2,1-2H3. The smallest absolute Gasteiger partial charge is 0.165 e. The largest absolute Gasteiger partial charge is 0.495 e. The zero-order valence-corrected chi connectivity index (χ0v) is 10.4. The minimum atomic E-state index is 0.0303. The normalized spacial score (nSPS) is 10.1. The first kappa shape index (κ1) is 12.2. The molecule has 0 amide bonds. The molecular formula is C11H14BrNO2. The zero-order valence-electron chi connectivity index (χ0n) is 8.84. The van der Waals surface area contributed by atoms with Gasteiger partial charge in [0.05, 0.1) is 11.6 Å². The summed E-state index contributed by atoms with van der Waals surface area (Å²) in [6.45, 7) is 2.29. The Morgan fingerprint density at radius 2 is 2.20 bits per heavy atom. The van der Waals surface area contributed by atoms with E-state index in [0.717, 1.165) is 5.56 Å². The van der Waals surface area contributed by atoms with Crippen molar-refractivity contribution in [3.8, 4) is 5.75 Å². The van der Waals surface area contributed by atoms with Gasteiger partial charge in [-0.05, 0) is 41.0 Å². The lowest BCUT2D eigenvalue weighted by atomic mass is 10.1. The van der Waals surface area contributed by atoms with Crippen molar-refractivity contribution in [3.63, 3.8) is 0 Å². The second-order valence-electron chi connectivity index (χ2n) is 3.24. The molecule has 0 aliphatic rings. The molecule has 0 radical (unpaired) electrons. The SMILES string of the molecule is COc1c(C)ccc(C(=O)CCN)c1Br. The van der Waals surface area contributed by atoms with Crippen LogP contribution in [0.5, 0.6) is 5.75 Å². The van der Waals surface area contributed by atoms with Gasteiger partial charge >= 0.3 is 0 Å². The van der Waals surface area contributed by atoms with Crippen LogP contribution in [0.3, 0.4) is 0 Å². The summed E-state index contributed by atoms with van der Waals surface area (Å²) in [5, 5.41) is 0. The van der Waals surface area contributed by atoms with Crippen molar-refractivity contribution in [1.82, 2.24) is 0 Å². The van der Waals surface area contributed by atoms with Gasteiger partial charge in [0.1, 0.15) is 5.75 Å². The lowest BCUT2D eigenvalue weighted by Gasteiger charge is -2.10. The van der Waals surface area contributed by atoms with Gasteiger partial charge in [0.2, 0.25) is 0 Å². The molecule has 0 saturated heterocycles. The van der Waals surface area contributed by atoms with Crippen LogP contribution in [0.2, 0.25) is 0 Å². The Bertz CT molecular complexity index is 377. The molecule has 2 N–H and O–H groups in total. The zero-order chi connectivity index (χ0) is 11.4. The molecule has 0 unspecified atom stereocenters. The molecule has 0 atom stereocenters. The number of aryl methyl sites for hydroxylation is 1. The Hall–Kier alpha value is -0.870. The van der Waals surface area contributed by atoms with E-state index in [1.54, 1.807) is 13.2 Å². The molecule has 1 aromatic rings. The molecule has 0 aliphatic heterocycles. The van der Waals surface area contributed by atoms with Crippen LogP contribution in [-0.2, 0) is 0 Å². The second-order valence-corrected chi connectivity index (χ2v) is 4.03. The Morgan fingerprint density at radius 3 is 2.73 bits per heavy atom. The molecule has 0 aliphatic carbocycles. The number of rotatable bonds is 4. The molecule has 0 bridgehead atoms. The van der Waals surface area contributed by atoms with Crippen molar-refractivity contribution in [2.75, 3.05) is 13.7 Å². The fourth-order valence-electron chi connectivity index (χ4n) is 1.38. The van der Waals surface area contributed by atoms with Crippen molar-refractivity contribution in [3.05, 3.63) is 27.7 Å². The first-order chi connectivity index (χ1) is 7.11. The Kier molecular flexibility index (Phi) is 4.29. The van der Waals surface area contributed by atoms with Crippen LogP contribution in [0.4, 0.5) is 0 Å². The summed E-state index contributed by atoms with van der Waals surface area (Å²) in [5.74, 6) is 0.737. The van der Waals surface area contributed by atoms with E-state index in [-0.39, 0.29) is 5.78 Å². The van der Waals surface area contributed by atoms with Crippen molar-refractivity contribution in [2.45, 2.75) is 13.3 Å². The van der Waals surface area contributed by atoms with E-state index in [0.29, 0.717) is 28.8 Å². The fourth-order valence-corrected chi connectivity index (χ4v) is 2.21. The molecule has 0 saturated carbocycles. The maximum absolute atomic E-state index is 11.7. The number of hydrogen-bond acceptors (Lipinski definition) is 3. The van der Waals surface area contributed by atoms with Crippen LogP contribution >= 0.6 is 15.9 Å². The maximum atomic E-state index is 11.7. The highest BCUT2D eigenvalue weighted by atomic mass is 79.9. The summed E-state index contributed by atoms with van der Waals surface area (Å²) in [6.07, 6.45) is 0.352. The number of benzene rings is 1. The molecule has 3 nitrogen and oxygen atoms in total. The fraction of sp³-hybridized carbons (Fsp3) is 0.364. The van der Waals surface area contributed by atoms with Gasteiger partial charge < -0.3 is 10.5 Å². The molecule has 0 fully saturated rings. The van der Waals surface area contributed by atoms with Crippen LogP contribution in [-0.4, -0.2) is 19.4 Å². The Balaban J connectivity index is 3.15. The third kappa shape index (κ3) is 2.58. The minimum absolute atomic E-state index is 0.0303. The van der Waals surface area contributed by atoms with Crippen LogP contribution in [0, 0.1) is 6.92 Å². The molecule has 4 heteroatoms. The summed E-state index contributed by atoms with van der Waals surface area (Å²) in [6, 6.07) is 3.66. The van der Waals surface area contributed by atoms with E-state index in [1.807, 2.05) is 13.0 Å². The maximum Gasteiger partial charge on any atom is 0.165 e. The van der Waals surface area contributed by atoms with Crippen molar-refractivity contribution in [1.29, 1.82) is 0 Å². The number of carbonyl (C=O) groups is 1. The molecular weight excluding hydrogens is 258 g/mol. The number of methoxy groups -OCH3 is 1. The monoisotopic (exact) mass is 271 g/mol. The van der Waals surface area contributed by atoms with Gasteiger partial charge in [0.25, 0.3) is 0 Å². The predicted octanol–water partition coefficient (Wildman–Crippen LogP) is 2.30. The van der Waals surface area contributed by atoms with Crippen LogP contribution < -0.4 is 10.5 Å². The number of halogens is 1. The average molecular weight is 272 g/mol. The van der Waals surface area contributed by atoms with Gasteiger partial charge in [-0.25, -0.2) is 0 Å². The van der Waals surface area contributed by atoms with Crippen molar-refractivity contribution >= 4 is 21.7 Å². The van der Waals surface area contributed by atoms with E-state index < -0.39 is 0 Å². The first-order valence-corrected chi connectivity index (χ1v) is 5.47. The molecule has 0 spiro atoms. The number of hydrogen-bond donors (Lipinski definition) is 1. The van der Waals surface area contributed by atoms with E-state index in [2.05, 4.69) is 15.9 Å². The van der Waals surface area contributed by atoms with Crippen molar-refractivity contribution in [2.24, 2.45) is 5.73 Å². The predicted molar refractivity (Wildman–Crippen MR) is 63.4 cm³/mol. The highest BCUT2D eigenvalue weighted by Crippen LogP contribution is 2.32. The highest BCUT2D eigenvalue weighted by Gasteiger charge is 2.14. The van der Waals surface area contributed by atoms with E-state index in [9.17, 15) is 4.79 Å². The Morgan fingerprint density at radius 1 is 1.53 bits per heavy atom. The summed E-state index contributed by atoms with van der Waals surface area (Å²) < 4.78 is 5.93. The molecule has 82 valence electrons. The van der Waals surface area contributed by atoms with Crippen molar-refractivity contribution < 1.29 is 9.53 Å². The molecule has 1 rings (SSSR count). The third-order valence-corrected chi connectivity index (χ3v) is 2.96. The topological polar surface area (TPSA) is 52.3 Å². The van der Waals surface area contributed by atoms with Gasteiger partial charge in [0, 0.05) is 12.0 Å². The Labute approximate surface area is 97.7 Å². The number of ether oxygens (including phenoxy) is 1. The van der Waals surface area contributed by atoms with Gasteiger partial charge in [-0.1, -0.05) is 6.07 Å². The second kappa shape index (κ2) is 5.28. The van der Waals surface area contributed by atoms with Gasteiger partial charge in [-0.3, -0.25) is 4.79 Å². The highest BCUT2D eigenvalue weighted by molar-refractivity contribution is 9.10. The third-order valence-electron chi connectivity index (χ3n) is 2.17. The van der Waals surface area contributed by atoms with E-state index in [4.69, 9.17) is 10.5 Å². The molecule has 0 heterocycles. The summed E-state index contributed by atoms with van der Waals surface area (Å²) in [5.41, 5.74) is 6.97. The van der Waals surface area contributed by atoms with Gasteiger partial charge in [-0.2, -0.15) is 0 Å². The first-order valence-electron chi connectivity index (χ1n) is 4.68. The number of ketones is 1.